The van der Waals surface area contributed by atoms with Gasteiger partial charge in [0, 0.05) is 32.0 Å². The molecule has 1 heterocycles. The summed E-state index contributed by atoms with van der Waals surface area (Å²) >= 11 is 6.08. The molecule has 1 amide bonds. The second kappa shape index (κ2) is 8.48. The number of anilines is 1. The summed E-state index contributed by atoms with van der Waals surface area (Å²) in [7, 11) is 0. The Morgan fingerprint density at radius 3 is 2.56 bits per heavy atom. The molecule has 2 aromatic rings. The van der Waals surface area contributed by atoms with Crippen LogP contribution >= 0.6 is 11.6 Å². The lowest BCUT2D eigenvalue weighted by Crippen LogP contribution is -2.27. The molecule has 2 atom stereocenters. The molecule has 1 aliphatic rings. The lowest BCUT2D eigenvalue weighted by Gasteiger charge is -2.16. The number of hydrogen-bond acceptors (Lipinski definition) is 3. The zero-order valence-electron chi connectivity index (χ0n) is 14.2. The number of hydrogen-bond donors (Lipinski definition) is 2. The van der Waals surface area contributed by atoms with Gasteiger partial charge in [0.25, 0.3) is 0 Å². The molecule has 5 heteroatoms. The van der Waals surface area contributed by atoms with Crippen molar-refractivity contribution in [1.29, 1.82) is 0 Å². The minimum atomic E-state index is -0.0134. The first-order valence-electron chi connectivity index (χ1n) is 8.69. The van der Waals surface area contributed by atoms with Crippen molar-refractivity contribution in [2.24, 2.45) is 11.7 Å². The average Bonchev–Trinajstić information content (AvgIpc) is 3.06. The van der Waals surface area contributed by atoms with Crippen LogP contribution in [0, 0.1) is 5.92 Å². The largest absolute Gasteiger partial charge is 0.330 e. The van der Waals surface area contributed by atoms with E-state index >= 15 is 0 Å². The van der Waals surface area contributed by atoms with Crippen LogP contribution < -0.4 is 11.1 Å². The van der Waals surface area contributed by atoms with E-state index < -0.39 is 0 Å². The van der Waals surface area contributed by atoms with E-state index in [0.29, 0.717) is 35.5 Å². The Morgan fingerprint density at radius 1 is 1.12 bits per heavy atom. The third-order valence-corrected chi connectivity index (χ3v) is 5.18. The number of amides is 1. The van der Waals surface area contributed by atoms with Gasteiger partial charge in [-0.2, -0.15) is 0 Å². The second-order valence-corrected chi connectivity index (χ2v) is 6.96. The Hall–Kier alpha value is -1.88. The van der Waals surface area contributed by atoms with Crippen molar-refractivity contribution in [3.05, 3.63) is 65.2 Å². The number of carbonyl (C=O) groups excluding carboxylic acids is 1. The Bertz CT molecular complexity index is 707. The SMILES string of the molecule is NC[C@@H]1CN(CCC(=O)Nc2ccccc2Cl)C[C@H]1c1ccccc1. The topological polar surface area (TPSA) is 58.4 Å². The summed E-state index contributed by atoms with van der Waals surface area (Å²) in [5.74, 6) is 0.868. The standard InChI is InChI=1S/C20H24ClN3O/c21-18-8-4-5-9-19(18)23-20(25)10-11-24-13-16(12-22)17(14-24)15-6-2-1-3-7-15/h1-9,16-17H,10-14,22H2,(H,23,25)/t16-,17+/m1/s1. The molecule has 1 saturated heterocycles. The molecule has 0 aliphatic carbocycles. The van der Waals surface area contributed by atoms with Gasteiger partial charge in [-0.1, -0.05) is 54.1 Å². The van der Waals surface area contributed by atoms with E-state index in [9.17, 15) is 4.79 Å². The molecule has 1 fully saturated rings. The lowest BCUT2D eigenvalue weighted by atomic mass is 9.89. The van der Waals surface area contributed by atoms with Crippen LogP contribution in [0.25, 0.3) is 0 Å². The molecule has 3 N–H and O–H groups in total. The molecule has 0 aromatic heterocycles. The molecule has 0 bridgehead atoms. The van der Waals surface area contributed by atoms with Gasteiger partial charge < -0.3 is 16.0 Å². The number of nitrogens with two attached hydrogens (primary N) is 1. The monoisotopic (exact) mass is 357 g/mol. The average molecular weight is 358 g/mol. The summed E-state index contributed by atoms with van der Waals surface area (Å²) in [5, 5.41) is 3.44. The van der Waals surface area contributed by atoms with Gasteiger partial charge >= 0.3 is 0 Å². The van der Waals surface area contributed by atoms with E-state index in [-0.39, 0.29) is 5.91 Å². The molecule has 0 unspecified atom stereocenters. The maximum absolute atomic E-state index is 12.2. The highest BCUT2D eigenvalue weighted by molar-refractivity contribution is 6.33. The van der Waals surface area contributed by atoms with Crippen molar-refractivity contribution in [3.63, 3.8) is 0 Å². The van der Waals surface area contributed by atoms with Crippen LogP contribution in [0.5, 0.6) is 0 Å². The number of nitrogens with zero attached hydrogens (tertiary/aromatic N) is 1. The number of rotatable bonds is 6. The van der Waals surface area contributed by atoms with E-state index in [2.05, 4.69) is 34.5 Å². The molecular weight excluding hydrogens is 334 g/mol. The lowest BCUT2D eigenvalue weighted by molar-refractivity contribution is -0.116. The zero-order chi connectivity index (χ0) is 17.6. The van der Waals surface area contributed by atoms with Gasteiger partial charge in [-0.3, -0.25) is 4.79 Å². The fourth-order valence-electron chi connectivity index (χ4n) is 3.49. The fourth-order valence-corrected chi connectivity index (χ4v) is 3.68. The van der Waals surface area contributed by atoms with Gasteiger partial charge in [0.1, 0.15) is 0 Å². The van der Waals surface area contributed by atoms with E-state index in [0.717, 1.165) is 19.6 Å². The van der Waals surface area contributed by atoms with Gasteiger partial charge in [0.2, 0.25) is 5.91 Å². The first kappa shape index (κ1) is 17.9. The van der Waals surface area contributed by atoms with Crippen LogP contribution in [0.2, 0.25) is 5.02 Å². The summed E-state index contributed by atoms with van der Waals surface area (Å²) in [6, 6.07) is 17.8. The van der Waals surface area contributed by atoms with Gasteiger partial charge in [-0.15, -0.1) is 0 Å². The molecule has 4 nitrogen and oxygen atoms in total. The number of para-hydroxylation sites is 1. The number of carbonyl (C=O) groups is 1. The molecule has 25 heavy (non-hydrogen) atoms. The number of halogens is 1. The molecule has 0 saturated carbocycles. The Kier molecular flexibility index (Phi) is 6.08. The van der Waals surface area contributed by atoms with Crippen molar-refractivity contribution in [1.82, 2.24) is 4.90 Å². The second-order valence-electron chi connectivity index (χ2n) is 6.55. The van der Waals surface area contributed by atoms with Crippen LogP contribution in [-0.4, -0.2) is 37.0 Å². The normalized spacial score (nSPS) is 20.6. The minimum absolute atomic E-state index is 0.0134. The summed E-state index contributed by atoms with van der Waals surface area (Å²) in [4.78, 5) is 14.5. The van der Waals surface area contributed by atoms with Crippen molar-refractivity contribution in [2.45, 2.75) is 12.3 Å². The predicted octanol–water partition coefficient (Wildman–Crippen LogP) is 3.34. The van der Waals surface area contributed by atoms with Gasteiger partial charge in [0.05, 0.1) is 10.7 Å². The maximum atomic E-state index is 12.2. The summed E-state index contributed by atoms with van der Waals surface area (Å²) in [6.07, 6.45) is 0.448. The molecule has 132 valence electrons. The summed E-state index contributed by atoms with van der Waals surface area (Å²) in [5.41, 5.74) is 7.98. The van der Waals surface area contributed by atoms with Gasteiger partial charge in [-0.25, -0.2) is 0 Å². The fraction of sp³-hybridized carbons (Fsp3) is 0.350. The van der Waals surface area contributed by atoms with Gasteiger partial charge in [0.15, 0.2) is 0 Å². The molecule has 2 aromatic carbocycles. The maximum Gasteiger partial charge on any atom is 0.225 e. The van der Waals surface area contributed by atoms with Crippen LogP contribution in [0.15, 0.2) is 54.6 Å². The van der Waals surface area contributed by atoms with E-state index in [4.69, 9.17) is 17.3 Å². The van der Waals surface area contributed by atoms with E-state index in [1.165, 1.54) is 5.56 Å². The zero-order valence-corrected chi connectivity index (χ0v) is 15.0. The minimum Gasteiger partial charge on any atom is -0.330 e. The van der Waals surface area contributed by atoms with E-state index in [1.807, 2.05) is 24.3 Å². The number of benzene rings is 2. The quantitative estimate of drug-likeness (QED) is 0.833. The van der Waals surface area contributed by atoms with Crippen molar-refractivity contribution < 1.29 is 4.79 Å². The number of nitrogens with one attached hydrogen (secondary N) is 1. The highest BCUT2D eigenvalue weighted by Crippen LogP contribution is 2.32. The Morgan fingerprint density at radius 2 is 1.84 bits per heavy atom. The van der Waals surface area contributed by atoms with Crippen LogP contribution in [0.3, 0.4) is 0 Å². The van der Waals surface area contributed by atoms with Crippen molar-refractivity contribution in [3.8, 4) is 0 Å². The van der Waals surface area contributed by atoms with Crippen LogP contribution in [-0.2, 0) is 4.79 Å². The van der Waals surface area contributed by atoms with Crippen molar-refractivity contribution in [2.75, 3.05) is 31.5 Å². The Labute approximate surface area is 154 Å². The third-order valence-electron chi connectivity index (χ3n) is 4.85. The first-order valence-corrected chi connectivity index (χ1v) is 9.07. The number of likely N-dealkylation sites (tertiary alicyclic amines) is 1. The predicted molar refractivity (Wildman–Crippen MR) is 103 cm³/mol. The smallest absolute Gasteiger partial charge is 0.225 e. The molecule has 0 spiro atoms. The highest BCUT2D eigenvalue weighted by atomic mass is 35.5. The molecule has 0 radical (unpaired) electrons. The molecular formula is C20H24ClN3O. The van der Waals surface area contributed by atoms with E-state index in [1.54, 1.807) is 6.07 Å². The third kappa shape index (κ3) is 4.60. The van der Waals surface area contributed by atoms with Gasteiger partial charge in [-0.05, 0) is 30.2 Å². The van der Waals surface area contributed by atoms with Crippen molar-refractivity contribution >= 4 is 23.2 Å². The Balaban J connectivity index is 1.53. The van der Waals surface area contributed by atoms with Crippen LogP contribution in [0.1, 0.15) is 17.9 Å². The first-order chi connectivity index (χ1) is 12.2. The highest BCUT2D eigenvalue weighted by Gasteiger charge is 2.32. The molecule has 1 aliphatic heterocycles. The summed E-state index contributed by atoms with van der Waals surface area (Å²) < 4.78 is 0. The molecule has 3 rings (SSSR count). The summed E-state index contributed by atoms with van der Waals surface area (Å²) in [6.45, 7) is 3.29. The van der Waals surface area contributed by atoms with Crippen LogP contribution in [0.4, 0.5) is 5.69 Å².